The first kappa shape index (κ1) is 17.5. The normalized spacial score (nSPS) is 21.9. The number of ether oxygens (including phenoxy) is 1. The van der Waals surface area contributed by atoms with E-state index in [1.54, 1.807) is 29.8 Å². The Labute approximate surface area is 159 Å². The second-order valence-electron chi connectivity index (χ2n) is 6.50. The minimum Gasteiger partial charge on any atom is -0.467 e. The van der Waals surface area contributed by atoms with Gasteiger partial charge in [0.15, 0.2) is 10.9 Å². The van der Waals surface area contributed by atoms with E-state index in [4.69, 9.17) is 4.74 Å². The molecule has 4 rings (SSSR count). The van der Waals surface area contributed by atoms with Crippen molar-refractivity contribution in [2.45, 2.75) is 25.0 Å². The van der Waals surface area contributed by atoms with Crippen molar-refractivity contribution in [3.05, 3.63) is 41.4 Å². The van der Waals surface area contributed by atoms with Crippen LogP contribution < -0.4 is 15.4 Å². The predicted octanol–water partition coefficient (Wildman–Crippen LogP) is 1.61. The van der Waals surface area contributed by atoms with Crippen LogP contribution in [0.4, 0.5) is 5.13 Å². The van der Waals surface area contributed by atoms with Gasteiger partial charge in [-0.1, -0.05) is 12.1 Å². The van der Waals surface area contributed by atoms with E-state index in [9.17, 15) is 14.4 Å². The number of likely N-dealkylation sites (tertiary alicyclic amines) is 1. The van der Waals surface area contributed by atoms with Crippen LogP contribution in [0.1, 0.15) is 29.6 Å². The molecule has 1 saturated heterocycles. The average Bonchev–Trinajstić information content (AvgIpc) is 3.11. The zero-order valence-corrected chi connectivity index (χ0v) is 15.3. The van der Waals surface area contributed by atoms with Crippen molar-refractivity contribution in [3.63, 3.8) is 0 Å². The summed E-state index contributed by atoms with van der Waals surface area (Å²) in [5.74, 6) is -0.131. The minimum absolute atomic E-state index is 0.0565. The van der Waals surface area contributed by atoms with Crippen molar-refractivity contribution < 1.29 is 19.1 Å². The van der Waals surface area contributed by atoms with Gasteiger partial charge in [0.2, 0.25) is 11.8 Å². The van der Waals surface area contributed by atoms with Crippen molar-refractivity contribution in [1.82, 2.24) is 15.2 Å². The highest BCUT2D eigenvalue weighted by molar-refractivity contribution is 7.13. The summed E-state index contributed by atoms with van der Waals surface area (Å²) in [5, 5.41) is 7.84. The van der Waals surface area contributed by atoms with Gasteiger partial charge in [0.05, 0.1) is 12.1 Å². The minimum atomic E-state index is -0.929. The second-order valence-corrected chi connectivity index (χ2v) is 7.39. The number of nitrogens with zero attached hydrogens (tertiary/aromatic N) is 2. The average molecular weight is 386 g/mol. The SMILES string of the molecule is O=C(CN1CC[C@@]2(CCC1=O)NC(=O)c1ccccc1O2)Nc1nccs1. The summed E-state index contributed by atoms with van der Waals surface area (Å²) in [5.41, 5.74) is -0.444. The van der Waals surface area contributed by atoms with Crippen LogP contribution in [0.25, 0.3) is 0 Å². The molecule has 0 aliphatic carbocycles. The second kappa shape index (κ2) is 6.99. The van der Waals surface area contributed by atoms with Gasteiger partial charge in [-0.2, -0.15) is 0 Å². The van der Waals surface area contributed by atoms with Crippen LogP contribution >= 0.6 is 11.3 Å². The molecule has 1 aromatic heterocycles. The van der Waals surface area contributed by atoms with Crippen LogP contribution in [0, 0.1) is 0 Å². The van der Waals surface area contributed by atoms with E-state index in [1.807, 2.05) is 6.07 Å². The lowest BCUT2D eigenvalue weighted by molar-refractivity contribution is -0.134. The summed E-state index contributed by atoms with van der Waals surface area (Å²) in [6.45, 7) is 0.256. The van der Waals surface area contributed by atoms with Gasteiger partial charge in [-0.05, 0) is 12.1 Å². The molecule has 1 spiro atoms. The molecule has 0 unspecified atom stereocenters. The van der Waals surface area contributed by atoms with Gasteiger partial charge in [0.1, 0.15) is 5.75 Å². The summed E-state index contributed by atoms with van der Waals surface area (Å²) in [4.78, 5) is 42.6. The lowest BCUT2D eigenvalue weighted by Crippen LogP contribution is -2.56. The first-order valence-electron chi connectivity index (χ1n) is 8.62. The van der Waals surface area contributed by atoms with Crippen LogP contribution in [0.5, 0.6) is 5.75 Å². The van der Waals surface area contributed by atoms with E-state index in [-0.39, 0.29) is 30.7 Å². The van der Waals surface area contributed by atoms with Crippen LogP contribution in [-0.4, -0.2) is 46.4 Å². The Hall–Kier alpha value is -2.94. The zero-order valence-electron chi connectivity index (χ0n) is 14.4. The van der Waals surface area contributed by atoms with Gasteiger partial charge < -0.3 is 20.3 Å². The number of rotatable bonds is 3. The number of para-hydroxylation sites is 1. The predicted molar refractivity (Wildman–Crippen MR) is 98.4 cm³/mol. The molecule has 3 heterocycles. The molecule has 1 fully saturated rings. The maximum atomic E-state index is 12.5. The van der Waals surface area contributed by atoms with E-state index in [0.29, 0.717) is 35.8 Å². The number of nitrogens with one attached hydrogen (secondary N) is 2. The molecule has 2 aromatic rings. The Bertz CT molecular complexity index is 885. The summed E-state index contributed by atoms with van der Waals surface area (Å²) in [7, 11) is 0. The number of fused-ring (bicyclic) bond motifs is 1. The number of hydrogen-bond donors (Lipinski definition) is 2. The molecular formula is C18H18N4O4S. The number of benzene rings is 1. The van der Waals surface area contributed by atoms with E-state index in [1.165, 1.54) is 16.2 Å². The van der Waals surface area contributed by atoms with Gasteiger partial charge in [-0.15, -0.1) is 11.3 Å². The number of anilines is 1. The Morgan fingerprint density at radius 3 is 3.00 bits per heavy atom. The number of aromatic nitrogens is 1. The number of carbonyl (C=O) groups is 3. The summed E-state index contributed by atoms with van der Waals surface area (Å²) >= 11 is 1.32. The van der Waals surface area contributed by atoms with Crippen molar-refractivity contribution in [1.29, 1.82) is 0 Å². The van der Waals surface area contributed by atoms with Crippen LogP contribution in [0.3, 0.4) is 0 Å². The van der Waals surface area contributed by atoms with Gasteiger partial charge >= 0.3 is 0 Å². The molecule has 1 aromatic carbocycles. The Kier molecular flexibility index (Phi) is 4.53. The maximum Gasteiger partial charge on any atom is 0.258 e. The van der Waals surface area contributed by atoms with Crippen molar-refractivity contribution in [3.8, 4) is 5.75 Å². The number of carbonyl (C=O) groups excluding carboxylic acids is 3. The van der Waals surface area contributed by atoms with E-state index < -0.39 is 5.72 Å². The van der Waals surface area contributed by atoms with Crippen molar-refractivity contribution in [2.24, 2.45) is 0 Å². The molecule has 27 heavy (non-hydrogen) atoms. The Balaban J connectivity index is 1.44. The highest BCUT2D eigenvalue weighted by Gasteiger charge is 2.42. The summed E-state index contributed by atoms with van der Waals surface area (Å²) in [6, 6.07) is 7.04. The largest absolute Gasteiger partial charge is 0.467 e. The third-order valence-corrected chi connectivity index (χ3v) is 5.36. The Morgan fingerprint density at radius 2 is 2.19 bits per heavy atom. The van der Waals surface area contributed by atoms with Crippen molar-refractivity contribution in [2.75, 3.05) is 18.4 Å². The Morgan fingerprint density at radius 1 is 1.33 bits per heavy atom. The molecule has 9 heteroatoms. The van der Waals surface area contributed by atoms with E-state index in [0.717, 1.165) is 0 Å². The van der Waals surface area contributed by atoms with Gasteiger partial charge in [0, 0.05) is 37.4 Å². The van der Waals surface area contributed by atoms with Crippen LogP contribution in [0.15, 0.2) is 35.8 Å². The quantitative estimate of drug-likeness (QED) is 0.835. The molecule has 0 radical (unpaired) electrons. The van der Waals surface area contributed by atoms with Crippen LogP contribution in [-0.2, 0) is 9.59 Å². The molecular weight excluding hydrogens is 368 g/mol. The standard InChI is InChI=1S/C18H18N4O4S/c23-14(20-17-19-8-10-27-17)11-22-9-7-18(6-5-15(22)24)21-16(25)12-3-1-2-4-13(12)26-18/h1-4,8,10H,5-7,9,11H2,(H,21,25)(H,19,20,23)/t18-/m0/s1. The zero-order chi connectivity index (χ0) is 18.9. The van der Waals surface area contributed by atoms with Gasteiger partial charge in [0.25, 0.3) is 5.91 Å². The highest BCUT2D eigenvalue weighted by Crippen LogP contribution is 2.33. The lowest BCUT2D eigenvalue weighted by atomic mass is 10.0. The van der Waals surface area contributed by atoms with Crippen LogP contribution in [0.2, 0.25) is 0 Å². The maximum absolute atomic E-state index is 12.5. The number of hydrogen-bond acceptors (Lipinski definition) is 6. The fraction of sp³-hybridized carbons (Fsp3) is 0.333. The molecule has 2 N–H and O–H groups in total. The third kappa shape index (κ3) is 3.63. The molecule has 0 bridgehead atoms. The van der Waals surface area contributed by atoms with E-state index >= 15 is 0 Å². The lowest BCUT2D eigenvalue weighted by Gasteiger charge is -2.38. The molecule has 2 aliphatic heterocycles. The molecule has 2 aliphatic rings. The summed E-state index contributed by atoms with van der Waals surface area (Å²) < 4.78 is 6.08. The fourth-order valence-corrected chi connectivity index (χ4v) is 3.84. The summed E-state index contributed by atoms with van der Waals surface area (Å²) in [6.07, 6.45) is 2.55. The third-order valence-electron chi connectivity index (χ3n) is 4.67. The molecule has 3 amide bonds. The van der Waals surface area contributed by atoms with Crippen molar-refractivity contribution >= 4 is 34.2 Å². The monoisotopic (exact) mass is 386 g/mol. The molecule has 0 saturated carbocycles. The molecule has 8 nitrogen and oxygen atoms in total. The smallest absolute Gasteiger partial charge is 0.258 e. The first-order chi connectivity index (χ1) is 13.0. The van der Waals surface area contributed by atoms with E-state index in [2.05, 4.69) is 15.6 Å². The number of amides is 3. The first-order valence-corrected chi connectivity index (χ1v) is 9.50. The topological polar surface area (TPSA) is 101 Å². The molecule has 140 valence electrons. The fourth-order valence-electron chi connectivity index (χ4n) is 3.30. The number of thiazole rings is 1. The highest BCUT2D eigenvalue weighted by atomic mass is 32.1. The van der Waals surface area contributed by atoms with Gasteiger partial charge in [-0.3, -0.25) is 14.4 Å². The van der Waals surface area contributed by atoms with Gasteiger partial charge in [-0.25, -0.2) is 4.98 Å². The molecule has 1 atom stereocenters.